The Labute approximate surface area is 113 Å². The van der Waals surface area contributed by atoms with Gasteiger partial charge in [-0.05, 0) is 30.2 Å². The Hall–Kier alpha value is -2.15. The summed E-state index contributed by atoms with van der Waals surface area (Å²) in [4.78, 5) is 4.81. The predicted molar refractivity (Wildman–Crippen MR) is 80.4 cm³/mol. The number of pyridine rings is 1. The van der Waals surface area contributed by atoms with Gasteiger partial charge in [-0.1, -0.05) is 55.5 Å². The highest BCUT2D eigenvalue weighted by Crippen LogP contribution is 2.26. The largest absolute Gasteiger partial charge is 0.252 e. The monoisotopic (exact) mass is 247 g/mol. The lowest BCUT2D eigenvalue weighted by atomic mass is 9.95. The van der Waals surface area contributed by atoms with Crippen LogP contribution in [-0.2, 0) is 0 Å². The van der Waals surface area contributed by atoms with Crippen LogP contribution in [0.3, 0.4) is 0 Å². The minimum Gasteiger partial charge on any atom is -0.252 e. The number of nitrogens with zero attached hydrogens (tertiary/aromatic N) is 1. The maximum absolute atomic E-state index is 4.81. The van der Waals surface area contributed by atoms with Crippen LogP contribution >= 0.6 is 0 Å². The molecule has 0 saturated heterocycles. The molecule has 0 saturated carbocycles. The van der Waals surface area contributed by atoms with Crippen LogP contribution in [0.15, 0.2) is 60.7 Å². The van der Waals surface area contributed by atoms with Crippen LogP contribution in [0.4, 0.5) is 0 Å². The van der Waals surface area contributed by atoms with Gasteiger partial charge < -0.3 is 0 Å². The summed E-state index contributed by atoms with van der Waals surface area (Å²) in [6.07, 6.45) is 0. The van der Waals surface area contributed by atoms with Crippen LogP contribution in [0.2, 0.25) is 0 Å². The summed E-state index contributed by atoms with van der Waals surface area (Å²) < 4.78 is 0. The second kappa shape index (κ2) is 4.85. The van der Waals surface area contributed by atoms with Gasteiger partial charge in [0.25, 0.3) is 0 Å². The fourth-order valence-electron chi connectivity index (χ4n) is 2.51. The molecule has 94 valence electrons. The molecule has 1 aromatic heterocycles. The lowest BCUT2D eigenvalue weighted by Crippen LogP contribution is -2.00. The van der Waals surface area contributed by atoms with Crippen molar-refractivity contribution in [3.63, 3.8) is 0 Å². The third-order valence-electron chi connectivity index (χ3n) is 3.69. The molecule has 0 amide bonds. The summed E-state index contributed by atoms with van der Waals surface area (Å²) in [6.45, 7) is 4.37. The van der Waals surface area contributed by atoms with Gasteiger partial charge >= 0.3 is 0 Å². The molecule has 0 N–H and O–H groups in total. The molecule has 1 nitrogen and oxygen atoms in total. The molecular formula is C18H17N. The molecule has 1 heterocycles. The van der Waals surface area contributed by atoms with E-state index in [9.17, 15) is 0 Å². The van der Waals surface area contributed by atoms with E-state index in [4.69, 9.17) is 4.98 Å². The summed E-state index contributed by atoms with van der Waals surface area (Å²) in [5.41, 5.74) is 4.83. The normalized spacial score (nSPS) is 12.5. The molecular weight excluding hydrogens is 230 g/mol. The van der Waals surface area contributed by atoms with Crippen LogP contribution in [0.5, 0.6) is 0 Å². The van der Waals surface area contributed by atoms with Gasteiger partial charge in [0.1, 0.15) is 0 Å². The van der Waals surface area contributed by atoms with Gasteiger partial charge in [-0.3, -0.25) is 4.98 Å². The van der Waals surface area contributed by atoms with Crippen molar-refractivity contribution in [1.82, 2.24) is 4.98 Å². The van der Waals surface area contributed by atoms with E-state index < -0.39 is 0 Å². The molecule has 2 aromatic carbocycles. The Morgan fingerprint density at radius 2 is 1.58 bits per heavy atom. The van der Waals surface area contributed by atoms with Crippen LogP contribution in [0.1, 0.15) is 29.7 Å². The Balaban J connectivity index is 2.11. The number of aromatic nitrogens is 1. The van der Waals surface area contributed by atoms with E-state index >= 15 is 0 Å². The molecule has 19 heavy (non-hydrogen) atoms. The highest BCUT2D eigenvalue weighted by Gasteiger charge is 2.11. The molecule has 0 fully saturated rings. The SMILES string of the molecule is Cc1cc(C(C)c2ccccc2)nc2ccccc12. The maximum Gasteiger partial charge on any atom is 0.0708 e. The molecule has 3 rings (SSSR count). The molecule has 0 bridgehead atoms. The summed E-state index contributed by atoms with van der Waals surface area (Å²) >= 11 is 0. The first-order valence-electron chi connectivity index (χ1n) is 6.67. The van der Waals surface area contributed by atoms with Crippen LogP contribution in [0.25, 0.3) is 10.9 Å². The third kappa shape index (κ3) is 2.24. The van der Waals surface area contributed by atoms with Crippen LogP contribution < -0.4 is 0 Å². The summed E-state index contributed by atoms with van der Waals surface area (Å²) in [6, 6.07) is 21.1. The molecule has 1 heteroatoms. The van der Waals surface area contributed by atoms with E-state index in [0.29, 0.717) is 5.92 Å². The van der Waals surface area contributed by atoms with E-state index in [1.54, 1.807) is 0 Å². The van der Waals surface area contributed by atoms with Crippen LogP contribution in [-0.4, -0.2) is 4.98 Å². The molecule has 0 aliphatic heterocycles. The van der Waals surface area contributed by atoms with Gasteiger partial charge in [-0.25, -0.2) is 0 Å². The number of fused-ring (bicyclic) bond motifs is 1. The predicted octanol–water partition coefficient (Wildman–Crippen LogP) is 4.70. The van der Waals surface area contributed by atoms with Gasteiger partial charge in [0, 0.05) is 17.0 Å². The third-order valence-corrected chi connectivity index (χ3v) is 3.69. The van der Waals surface area contributed by atoms with Gasteiger partial charge in [0.05, 0.1) is 5.52 Å². The van der Waals surface area contributed by atoms with E-state index in [1.807, 2.05) is 6.07 Å². The first-order chi connectivity index (χ1) is 9.25. The first-order valence-corrected chi connectivity index (χ1v) is 6.67. The van der Waals surface area contributed by atoms with Crippen molar-refractivity contribution in [2.45, 2.75) is 19.8 Å². The van der Waals surface area contributed by atoms with Crippen molar-refractivity contribution in [2.24, 2.45) is 0 Å². The smallest absolute Gasteiger partial charge is 0.0708 e. The van der Waals surface area contributed by atoms with Crippen molar-refractivity contribution >= 4 is 10.9 Å². The van der Waals surface area contributed by atoms with Crippen LogP contribution in [0, 0.1) is 6.92 Å². The van der Waals surface area contributed by atoms with Gasteiger partial charge in [-0.2, -0.15) is 0 Å². The van der Waals surface area contributed by atoms with Crippen molar-refractivity contribution < 1.29 is 0 Å². The van der Waals surface area contributed by atoms with E-state index in [1.165, 1.54) is 16.5 Å². The molecule has 0 spiro atoms. The summed E-state index contributed by atoms with van der Waals surface area (Å²) in [5, 5.41) is 1.24. The zero-order valence-electron chi connectivity index (χ0n) is 11.3. The van der Waals surface area contributed by atoms with Gasteiger partial charge in [-0.15, -0.1) is 0 Å². The summed E-state index contributed by atoms with van der Waals surface area (Å²) in [5.74, 6) is 0.324. The summed E-state index contributed by atoms with van der Waals surface area (Å²) in [7, 11) is 0. The Bertz CT molecular complexity index is 701. The highest BCUT2D eigenvalue weighted by molar-refractivity contribution is 5.82. The van der Waals surface area contributed by atoms with E-state index in [-0.39, 0.29) is 0 Å². The van der Waals surface area contributed by atoms with Crippen molar-refractivity contribution in [2.75, 3.05) is 0 Å². The second-order valence-electron chi connectivity index (χ2n) is 5.01. The van der Waals surface area contributed by atoms with E-state index in [0.717, 1.165) is 11.2 Å². The van der Waals surface area contributed by atoms with Crippen molar-refractivity contribution in [1.29, 1.82) is 0 Å². The molecule has 3 aromatic rings. The molecule has 0 radical (unpaired) electrons. The molecule has 1 unspecified atom stereocenters. The number of benzene rings is 2. The topological polar surface area (TPSA) is 12.9 Å². The minimum absolute atomic E-state index is 0.324. The Morgan fingerprint density at radius 1 is 0.895 bits per heavy atom. The Morgan fingerprint density at radius 3 is 2.37 bits per heavy atom. The van der Waals surface area contributed by atoms with E-state index in [2.05, 4.69) is 68.4 Å². The lowest BCUT2D eigenvalue weighted by molar-refractivity contribution is 0.878. The number of aryl methyl sites for hydroxylation is 1. The standard InChI is InChI=1S/C18H17N/c1-13-12-18(14(2)15-8-4-3-5-9-15)19-17-11-7-6-10-16(13)17/h3-12,14H,1-2H3. The number of hydrogen-bond acceptors (Lipinski definition) is 1. The average Bonchev–Trinajstić information content (AvgIpc) is 2.47. The number of hydrogen-bond donors (Lipinski definition) is 0. The minimum atomic E-state index is 0.324. The van der Waals surface area contributed by atoms with Gasteiger partial charge in [0.2, 0.25) is 0 Å². The maximum atomic E-state index is 4.81. The Kier molecular flexibility index (Phi) is 3.04. The lowest BCUT2D eigenvalue weighted by Gasteiger charge is -2.13. The molecule has 0 aliphatic rings. The fourth-order valence-corrected chi connectivity index (χ4v) is 2.51. The van der Waals surface area contributed by atoms with Gasteiger partial charge in [0.15, 0.2) is 0 Å². The zero-order valence-corrected chi connectivity index (χ0v) is 11.3. The molecule has 1 atom stereocenters. The zero-order chi connectivity index (χ0) is 13.2. The average molecular weight is 247 g/mol. The van der Waals surface area contributed by atoms with Crippen molar-refractivity contribution in [3.05, 3.63) is 77.5 Å². The fraction of sp³-hybridized carbons (Fsp3) is 0.167. The number of rotatable bonds is 2. The second-order valence-corrected chi connectivity index (χ2v) is 5.01. The number of para-hydroxylation sites is 1. The highest BCUT2D eigenvalue weighted by atomic mass is 14.7. The molecule has 0 aliphatic carbocycles. The first kappa shape index (κ1) is 11.9. The van der Waals surface area contributed by atoms with Crippen molar-refractivity contribution in [3.8, 4) is 0 Å². The quantitative estimate of drug-likeness (QED) is 0.640.